The summed E-state index contributed by atoms with van der Waals surface area (Å²) in [5.41, 5.74) is 6.38. The second-order valence-corrected chi connectivity index (χ2v) is 5.96. The highest BCUT2D eigenvalue weighted by Gasteiger charge is 2.14. The van der Waals surface area contributed by atoms with E-state index in [-0.39, 0.29) is 0 Å². The van der Waals surface area contributed by atoms with Crippen molar-refractivity contribution >= 4 is 11.4 Å². The molecule has 1 aliphatic rings. The molecule has 2 aromatic carbocycles. The van der Waals surface area contributed by atoms with E-state index in [4.69, 9.17) is 4.74 Å². The first-order chi connectivity index (χ1) is 10.7. The molecule has 22 heavy (non-hydrogen) atoms. The van der Waals surface area contributed by atoms with Crippen molar-refractivity contribution < 1.29 is 4.74 Å². The Kier molecular flexibility index (Phi) is 4.64. The lowest BCUT2D eigenvalue weighted by Gasteiger charge is -2.31. The first kappa shape index (κ1) is 14.9. The lowest BCUT2D eigenvalue weighted by atomic mass is 10.1. The second kappa shape index (κ2) is 6.84. The van der Waals surface area contributed by atoms with Crippen LogP contribution in [0.5, 0.6) is 0 Å². The van der Waals surface area contributed by atoms with Crippen molar-refractivity contribution in [2.24, 2.45) is 0 Å². The van der Waals surface area contributed by atoms with Crippen molar-refractivity contribution in [3.05, 3.63) is 59.2 Å². The summed E-state index contributed by atoms with van der Waals surface area (Å²) in [4.78, 5) is 2.40. The third-order valence-electron chi connectivity index (χ3n) is 4.11. The van der Waals surface area contributed by atoms with Gasteiger partial charge >= 0.3 is 0 Å². The van der Waals surface area contributed by atoms with Gasteiger partial charge in [0.15, 0.2) is 0 Å². The number of aryl methyl sites for hydroxylation is 2. The summed E-state index contributed by atoms with van der Waals surface area (Å²) in [6.45, 7) is 8.65. The zero-order valence-electron chi connectivity index (χ0n) is 13.4. The van der Waals surface area contributed by atoms with Crippen LogP contribution in [-0.2, 0) is 11.3 Å². The fraction of sp³-hybridized carbons (Fsp3) is 0.368. The third-order valence-corrected chi connectivity index (χ3v) is 4.11. The van der Waals surface area contributed by atoms with Gasteiger partial charge in [-0.15, -0.1) is 0 Å². The summed E-state index contributed by atoms with van der Waals surface area (Å²) in [5.74, 6) is 0. The van der Waals surface area contributed by atoms with E-state index in [2.05, 4.69) is 66.5 Å². The highest BCUT2D eigenvalue weighted by molar-refractivity contribution is 5.71. The number of hydrogen-bond donors (Lipinski definition) is 1. The van der Waals surface area contributed by atoms with E-state index in [1.807, 2.05) is 0 Å². The highest BCUT2D eigenvalue weighted by atomic mass is 16.5. The number of nitrogens with one attached hydrogen (secondary N) is 1. The average Bonchev–Trinajstić information content (AvgIpc) is 2.55. The van der Waals surface area contributed by atoms with Crippen LogP contribution in [0.2, 0.25) is 0 Å². The normalized spacial score (nSPS) is 14.9. The van der Waals surface area contributed by atoms with Gasteiger partial charge in [-0.05, 0) is 37.1 Å². The number of hydrogen-bond acceptors (Lipinski definition) is 3. The van der Waals surface area contributed by atoms with Crippen LogP contribution in [0.25, 0.3) is 0 Å². The van der Waals surface area contributed by atoms with Crippen molar-refractivity contribution in [3.63, 3.8) is 0 Å². The minimum Gasteiger partial charge on any atom is -0.379 e. The van der Waals surface area contributed by atoms with Gasteiger partial charge in [-0.3, -0.25) is 0 Å². The lowest BCUT2D eigenvalue weighted by Crippen LogP contribution is -2.36. The Labute approximate surface area is 132 Å². The van der Waals surface area contributed by atoms with Crippen LogP contribution < -0.4 is 10.2 Å². The molecule has 0 saturated carbocycles. The molecule has 1 aliphatic heterocycles. The van der Waals surface area contributed by atoms with Gasteiger partial charge < -0.3 is 15.0 Å². The van der Waals surface area contributed by atoms with Crippen molar-refractivity contribution in [3.8, 4) is 0 Å². The molecule has 0 bridgehead atoms. The molecule has 2 aromatic rings. The quantitative estimate of drug-likeness (QED) is 0.930. The number of ether oxygens (including phenoxy) is 1. The minimum atomic E-state index is 0.811. The Balaban J connectivity index is 1.76. The van der Waals surface area contributed by atoms with Crippen molar-refractivity contribution in [1.82, 2.24) is 0 Å². The van der Waals surface area contributed by atoms with Crippen LogP contribution in [0.4, 0.5) is 11.4 Å². The Hall–Kier alpha value is -2.00. The molecule has 3 rings (SSSR count). The minimum absolute atomic E-state index is 0.811. The Morgan fingerprint density at radius 1 is 0.955 bits per heavy atom. The van der Waals surface area contributed by atoms with Crippen molar-refractivity contribution in [2.45, 2.75) is 20.4 Å². The molecule has 0 aliphatic carbocycles. The average molecular weight is 296 g/mol. The molecule has 3 heteroatoms. The zero-order chi connectivity index (χ0) is 15.4. The number of anilines is 2. The first-order valence-electron chi connectivity index (χ1n) is 7.95. The fourth-order valence-electron chi connectivity index (χ4n) is 2.77. The maximum atomic E-state index is 5.46. The number of nitrogens with zero attached hydrogens (tertiary/aromatic N) is 1. The highest BCUT2D eigenvalue weighted by Crippen LogP contribution is 2.28. The molecule has 0 radical (unpaired) electrons. The molecule has 0 aromatic heterocycles. The SMILES string of the molecule is Cc1ccc(CNc2cc(C)ccc2N2CCOCC2)cc1. The number of benzene rings is 2. The van der Waals surface area contributed by atoms with Gasteiger partial charge in [-0.1, -0.05) is 35.9 Å². The number of rotatable bonds is 4. The van der Waals surface area contributed by atoms with E-state index in [0.717, 1.165) is 32.8 Å². The van der Waals surface area contributed by atoms with Crippen molar-refractivity contribution in [2.75, 3.05) is 36.5 Å². The fourth-order valence-corrected chi connectivity index (χ4v) is 2.77. The maximum Gasteiger partial charge on any atom is 0.0642 e. The molecule has 116 valence electrons. The van der Waals surface area contributed by atoms with Gasteiger partial charge in [0.25, 0.3) is 0 Å². The van der Waals surface area contributed by atoms with E-state index in [1.165, 1.54) is 28.1 Å². The summed E-state index contributed by atoms with van der Waals surface area (Å²) < 4.78 is 5.46. The molecule has 1 heterocycles. The molecule has 0 spiro atoms. The van der Waals surface area contributed by atoms with E-state index >= 15 is 0 Å². The summed E-state index contributed by atoms with van der Waals surface area (Å²) in [6.07, 6.45) is 0. The molecule has 1 fully saturated rings. The van der Waals surface area contributed by atoms with Crippen LogP contribution in [-0.4, -0.2) is 26.3 Å². The zero-order valence-corrected chi connectivity index (χ0v) is 13.4. The summed E-state index contributed by atoms with van der Waals surface area (Å²) in [6, 6.07) is 15.3. The van der Waals surface area contributed by atoms with Gasteiger partial charge in [0, 0.05) is 19.6 Å². The van der Waals surface area contributed by atoms with Gasteiger partial charge in [-0.2, -0.15) is 0 Å². The lowest BCUT2D eigenvalue weighted by molar-refractivity contribution is 0.123. The standard InChI is InChI=1S/C19H24N2O/c1-15-3-6-17(7-4-15)14-20-18-13-16(2)5-8-19(18)21-9-11-22-12-10-21/h3-8,13,20H,9-12,14H2,1-2H3. The Morgan fingerprint density at radius 2 is 1.64 bits per heavy atom. The maximum absolute atomic E-state index is 5.46. The van der Waals surface area contributed by atoms with Gasteiger partial charge in [0.1, 0.15) is 0 Å². The molecule has 0 unspecified atom stereocenters. The molecule has 1 saturated heterocycles. The smallest absolute Gasteiger partial charge is 0.0642 e. The molecule has 0 amide bonds. The summed E-state index contributed by atoms with van der Waals surface area (Å²) in [7, 11) is 0. The largest absolute Gasteiger partial charge is 0.379 e. The topological polar surface area (TPSA) is 24.5 Å². The van der Waals surface area contributed by atoms with Crippen LogP contribution in [0, 0.1) is 13.8 Å². The molecule has 1 N–H and O–H groups in total. The monoisotopic (exact) mass is 296 g/mol. The second-order valence-electron chi connectivity index (χ2n) is 5.96. The first-order valence-corrected chi connectivity index (χ1v) is 7.95. The van der Waals surface area contributed by atoms with Crippen LogP contribution >= 0.6 is 0 Å². The predicted octanol–water partition coefficient (Wildman–Crippen LogP) is 3.75. The van der Waals surface area contributed by atoms with E-state index < -0.39 is 0 Å². The van der Waals surface area contributed by atoms with Crippen LogP contribution in [0.1, 0.15) is 16.7 Å². The Bertz CT molecular complexity index is 616. The number of morpholine rings is 1. The third kappa shape index (κ3) is 3.60. The van der Waals surface area contributed by atoms with Crippen LogP contribution in [0.3, 0.4) is 0 Å². The van der Waals surface area contributed by atoms with E-state index in [1.54, 1.807) is 0 Å². The van der Waals surface area contributed by atoms with Gasteiger partial charge in [0.2, 0.25) is 0 Å². The van der Waals surface area contributed by atoms with Crippen molar-refractivity contribution in [1.29, 1.82) is 0 Å². The molecule has 3 nitrogen and oxygen atoms in total. The van der Waals surface area contributed by atoms with E-state index in [9.17, 15) is 0 Å². The molecular weight excluding hydrogens is 272 g/mol. The molecular formula is C19H24N2O. The van der Waals surface area contributed by atoms with E-state index in [0.29, 0.717) is 0 Å². The molecule has 0 atom stereocenters. The predicted molar refractivity (Wildman–Crippen MR) is 92.7 cm³/mol. The Morgan fingerprint density at radius 3 is 2.36 bits per heavy atom. The van der Waals surface area contributed by atoms with Gasteiger partial charge in [0.05, 0.1) is 24.6 Å². The van der Waals surface area contributed by atoms with Crippen LogP contribution in [0.15, 0.2) is 42.5 Å². The van der Waals surface area contributed by atoms with Gasteiger partial charge in [-0.25, -0.2) is 0 Å². The summed E-state index contributed by atoms with van der Waals surface area (Å²) in [5, 5.41) is 3.60. The summed E-state index contributed by atoms with van der Waals surface area (Å²) >= 11 is 0.